The zero-order chi connectivity index (χ0) is 30.6. The van der Waals surface area contributed by atoms with Gasteiger partial charge >= 0.3 is 0 Å². The summed E-state index contributed by atoms with van der Waals surface area (Å²) >= 11 is 0. The molecule has 5 rings (SSSR count). The van der Waals surface area contributed by atoms with Crippen LogP contribution < -0.4 is 9.64 Å². The number of piperazine rings is 1. The summed E-state index contributed by atoms with van der Waals surface area (Å²) in [5, 5.41) is 5.45. The highest BCUT2D eigenvalue weighted by Crippen LogP contribution is 2.31. The van der Waals surface area contributed by atoms with Crippen LogP contribution in [0.5, 0.6) is 5.88 Å². The van der Waals surface area contributed by atoms with Crippen molar-refractivity contribution in [3.8, 4) is 5.88 Å². The number of aromatic nitrogens is 5. The maximum absolute atomic E-state index is 13.5. The second kappa shape index (κ2) is 13.5. The third-order valence-electron chi connectivity index (χ3n) is 8.34. The van der Waals surface area contributed by atoms with Crippen LogP contribution in [0.3, 0.4) is 0 Å². The fraction of sp³-hybridized carbons (Fsp3) is 0.621. The van der Waals surface area contributed by atoms with Gasteiger partial charge in [-0.1, -0.05) is 6.07 Å². The summed E-state index contributed by atoms with van der Waals surface area (Å²) in [6.07, 6.45) is 7.50. The number of pyridine rings is 1. The number of hydrogen-bond acceptors (Lipinski definition) is 10. The number of carbonyl (C=O) groups excluding carboxylic acids is 1. The average molecular weight is 614 g/mol. The lowest BCUT2D eigenvalue weighted by molar-refractivity contribution is -0.137. The molecule has 3 aromatic rings. The quantitative estimate of drug-likeness (QED) is 0.315. The van der Waals surface area contributed by atoms with Crippen molar-refractivity contribution in [1.82, 2.24) is 38.8 Å². The molecule has 1 amide bonds. The van der Waals surface area contributed by atoms with Crippen molar-refractivity contribution < 1.29 is 17.9 Å². The molecule has 0 atom stereocenters. The van der Waals surface area contributed by atoms with Crippen molar-refractivity contribution in [3.05, 3.63) is 36.4 Å². The van der Waals surface area contributed by atoms with Crippen LogP contribution in [-0.2, 0) is 21.4 Å². The standard InChI is InChI=1S/C29H43N9O4S/c1-5-42-26-8-6-7-23(33-26)20-37-28-25(19-32-37)27(30-21-31-28)35-14-16-36(17-15-35)29(39)22-9-11-24(12-10-22)38(43(4,40)41)18-13-34(2)3/h6-8,19,21-22,24H,5,9-18,20H2,1-4H3/t22-,24-. The predicted molar refractivity (Wildman–Crippen MR) is 164 cm³/mol. The van der Waals surface area contributed by atoms with Gasteiger partial charge in [-0.05, 0) is 52.8 Å². The summed E-state index contributed by atoms with van der Waals surface area (Å²) in [7, 11) is 0.582. The van der Waals surface area contributed by atoms with E-state index in [1.54, 1.807) is 16.8 Å². The van der Waals surface area contributed by atoms with E-state index in [1.807, 2.05) is 53.7 Å². The molecule has 4 heterocycles. The first kappa shape index (κ1) is 31.1. The summed E-state index contributed by atoms with van der Waals surface area (Å²) in [6, 6.07) is 5.65. The zero-order valence-electron chi connectivity index (χ0n) is 25.6. The molecule has 0 radical (unpaired) electrons. The van der Waals surface area contributed by atoms with E-state index in [1.165, 1.54) is 6.26 Å². The minimum Gasteiger partial charge on any atom is -0.478 e. The van der Waals surface area contributed by atoms with E-state index >= 15 is 0 Å². The Hall–Kier alpha value is -3.36. The van der Waals surface area contributed by atoms with Crippen LogP contribution >= 0.6 is 0 Å². The van der Waals surface area contributed by atoms with Crippen molar-refractivity contribution >= 4 is 32.8 Å². The first-order valence-electron chi connectivity index (χ1n) is 15.0. The number of rotatable bonds is 11. The van der Waals surface area contributed by atoms with Crippen LogP contribution in [-0.4, -0.2) is 125 Å². The van der Waals surface area contributed by atoms with Gasteiger partial charge in [-0.3, -0.25) is 4.79 Å². The van der Waals surface area contributed by atoms with Crippen LogP contribution in [0.2, 0.25) is 0 Å². The van der Waals surface area contributed by atoms with Crippen LogP contribution in [0, 0.1) is 5.92 Å². The van der Waals surface area contributed by atoms with Crippen molar-refractivity contribution in [3.63, 3.8) is 0 Å². The molecule has 1 saturated carbocycles. The molecular weight excluding hydrogens is 570 g/mol. The predicted octanol–water partition coefficient (Wildman–Crippen LogP) is 1.70. The molecule has 1 aliphatic carbocycles. The number of sulfonamides is 1. The fourth-order valence-corrected chi connectivity index (χ4v) is 7.27. The van der Waals surface area contributed by atoms with Crippen molar-refractivity contribution in [2.24, 2.45) is 5.92 Å². The maximum Gasteiger partial charge on any atom is 0.225 e. The smallest absolute Gasteiger partial charge is 0.225 e. The highest BCUT2D eigenvalue weighted by Gasteiger charge is 2.35. The largest absolute Gasteiger partial charge is 0.478 e. The van der Waals surface area contributed by atoms with Gasteiger partial charge in [0.25, 0.3) is 0 Å². The summed E-state index contributed by atoms with van der Waals surface area (Å²) in [5.74, 6) is 1.53. The number of carbonyl (C=O) groups is 1. The molecule has 43 heavy (non-hydrogen) atoms. The van der Waals surface area contributed by atoms with Gasteiger partial charge in [0.2, 0.25) is 21.8 Å². The molecule has 3 aromatic heterocycles. The number of fused-ring (bicyclic) bond motifs is 1. The molecule has 0 spiro atoms. The monoisotopic (exact) mass is 613 g/mol. The minimum absolute atomic E-state index is 0.0404. The van der Waals surface area contributed by atoms with E-state index in [0.717, 1.165) is 22.5 Å². The average Bonchev–Trinajstić information content (AvgIpc) is 3.39. The molecule has 1 aliphatic heterocycles. The number of amides is 1. The molecule has 13 nitrogen and oxygen atoms in total. The van der Waals surface area contributed by atoms with Gasteiger partial charge in [0.15, 0.2) is 5.65 Å². The molecule has 0 unspecified atom stereocenters. The van der Waals surface area contributed by atoms with Crippen LogP contribution in [0.4, 0.5) is 5.82 Å². The first-order chi connectivity index (χ1) is 20.6. The molecule has 0 bridgehead atoms. The molecule has 1 saturated heterocycles. The minimum atomic E-state index is -3.30. The second-order valence-corrected chi connectivity index (χ2v) is 13.6. The van der Waals surface area contributed by atoms with Crippen LogP contribution in [0.15, 0.2) is 30.7 Å². The maximum atomic E-state index is 13.5. The van der Waals surface area contributed by atoms with Gasteiger partial charge in [-0.15, -0.1) is 0 Å². The number of ether oxygens (including phenoxy) is 1. The second-order valence-electron chi connectivity index (χ2n) is 11.6. The Labute approximate surface area is 253 Å². The van der Waals surface area contributed by atoms with E-state index in [9.17, 15) is 13.2 Å². The van der Waals surface area contributed by atoms with Crippen LogP contribution in [0.25, 0.3) is 11.0 Å². The van der Waals surface area contributed by atoms with Gasteiger partial charge in [0.1, 0.15) is 12.1 Å². The Morgan fingerprint density at radius 2 is 1.79 bits per heavy atom. The van der Waals surface area contributed by atoms with E-state index in [-0.39, 0.29) is 17.9 Å². The highest BCUT2D eigenvalue weighted by atomic mass is 32.2. The van der Waals surface area contributed by atoms with Crippen molar-refractivity contribution in [1.29, 1.82) is 0 Å². The number of hydrogen-bond donors (Lipinski definition) is 0. The summed E-state index contributed by atoms with van der Waals surface area (Å²) in [5.41, 5.74) is 1.56. The summed E-state index contributed by atoms with van der Waals surface area (Å²) in [4.78, 5) is 33.2. The Balaban J connectivity index is 1.17. The lowest BCUT2D eigenvalue weighted by Gasteiger charge is -2.39. The molecule has 234 valence electrons. The number of anilines is 1. The van der Waals surface area contributed by atoms with Gasteiger partial charge in [-0.25, -0.2) is 28.1 Å². The lowest BCUT2D eigenvalue weighted by Crippen LogP contribution is -2.52. The molecule has 2 aliphatic rings. The molecule has 0 N–H and O–H groups in total. The van der Waals surface area contributed by atoms with Gasteiger partial charge in [0.05, 0.1) is 36.7 Å². The fourth-order valence-electron chi connectivity index (χ4n) is 6.10. The Kier molecular flexibility index (Phi) is 9.77. The molecule has 14 heteroatoms. The van der Waals surface area contributed by atoms with E-state index in [2.05, 4.69) is 25.0 Å². The third-order valence-corrected chi connectivity index (χ3v) is 9.67. The summed E-state index contributed by atoms with van der Waals surface area (Å²) in [6.45, 7) is 6.67. The van der Waals surface area contributed by atoms with Crippen molar-refractivity contribution in [2.45, 2.75) is 45.2 Å². The van der Waals surface area contributed by atoms with Crippen molar-refractivity contribution in [2.75, 3.05) is 71.1 Å². The number of likely N-dealkylation sites (N-methyl/N-ethyl adjacent to an activating group) is 1. The SMILES string of the molecule is CCOc1cccc(Cn2ncc3c(N4CCN(C(=O)[C@H]5CC[C@H](N(CCN(C)C)S(C)(=O)=O)CC5)CC4)ncnc32)n1. The Bertz CT molecular complexity index is 1500. The molecule has 2 fully saturated rings. The van der Waals surface area contributed by atoms with E-state index in [4.69, 9.17) is 4.74 Å². The third kappa shape index (κ3) is 7.42. The van der Waals surface area contributed by atoms with Crippen LogP contribution in [0.1, 0.15) is 38.3 Å². The Morgan fingerprint density at radius 3 is 2.47 bits per heavy atom. The van der Waals surface area contributed by atoms with Gasteiger partial charge in [0, 0.05) is 57.3 Å². The molecule has 0 aromatic carbocycles. The zero-order valence-corrected chi connectivity index (χ0v) is 26.4. The Morgan fingerprint density at radius 1 is 1.05 bits per heavy atom. The van der Waals surface area contributed by atoms with Gasteiger partial charge < -0.3 is 19.4 Å². The number of nitrogens with zero attached hydrogens (tertiary/aromatic N) is 9. The first-order valence-corrected chi connectivity index (χ1v) is 16.9. The molecular formula is C29H43N9O4S. The topological polar surface area (TPSA) is 130 Å². The normalized spacial score (nSPS) is 19.9. The van der Waals surface area contributed by atoms with Gasteiger partial charge in [-0.2, -0.15) is 9.40 Å². The van der Waals surface area contributed by atoms with E-state index < -0.39 is 10.0 Å². The van der Waals surface area contributed by atoms with E-state index in [0.29, 0.717) is 84.0 Å². The summed E-state index contributed by atoms with van der Waals surface area (Å²) < 4.78 is 33.9. The highest BCUT2D eigenvalue weighted by molar-refractivity contribution is 7.88. The lowest BCUT2D eigenvalue weighted by atomic mass is 9.85.